The molecular formula is C13H20ClNO2. The number of hydrogen-bond acceptors (Lipinski definition) is 3. The Morgan fingerprint density at radius 1 is 1.41 bits per heavy atom. The Morgan fingerprint density at radius 2 is 2.06 bits per heavy atom. The predicted octanol–water partition coefficient (Wildman–Crippen LogP) is 2.12. The molecule has 17 heavy (non-hydrogen) atoms. The topological polar surface area (TPSA) is 52.5 Å². The van der Waals surface area contributed by atoms with E-state index in [1.54, 1.807) is 26.0 Å². The van der Waals surface area contributed by atoms with Gasteiger partial charge in [-0.3, -0.25) is 0 Å². The number of benzene rings is 1. The molecule has 0 bridgehead atoms. The zero-order chi connectivity index (χ0) is 13.1. The summed E-state index contributed by atoms with van der Waals surface area (Å²) in [4.78, 5) is 0. The molecule has 1 aromatic rings. The molecule has 0 saturated heterocycles. The molecule has 0 unspecified atom stereocenters. The monoisotopic (exact) mass is 257 g/mol. The molecule has 3 N–H and O–H groups in total. The number of nitrogens with one attached hydrogen (secondary N) is 1. The van der Waals surface area contributed by atoms with Gasteiger partial charge in [0.25, 0.3) is 0 Å². The van der Waals surface area contributed by atoms with Crippen LogP contribution in [0.1, 0.15) is 32.4 Å². The van der Waals surface area contributed by atoms with Crippen molar-refractivity contribution in [3.05, 3.63) is 34.9 Å². The summed E-state index contributed by atoms with van der Waals surface area (Å²) in [6.07, 6.45) is -0.643. The van der Waals surface area contributed by atoms with Crippen LogP contribution in [-0.2, 0) is 0 Å². The molecule has 0 aromatic heterocycles. The largest absolute Gasteiger partial charge is 0.389 e. The standard InChI is InChI=1S/C13H20ClNO2/c1-9(15-8-13(2,3)17)12(16)10-5-4-6-11(14)7-10/h4-7,9,12,15-17H,8H2,1-3H3/t9-,12-/m0/s1. The lowest BCUT2D eigenvalue weighted by atomic mass is 10.0. The highest BCUT2D eigenvalue weighted by molar-refractivity contribution is 6.30. The van der Waals surface area contributed by atoms with Gasteiger partial charge < -0.3 is 15.5 Å². The molecule has 0 aliphatic rings. The molecule has 0 amide bonds. The maximum Gasteiger partial charge on any atom is 0.0940 e. The van der Waals surface area contributed by atoms with Gasteiger partial charge >= 0.3 is 0 Å². The van der Waals surface area contributed by atoms with Crippen LogP contribution < -0.4 is 5.32 Å². The van der Waals surface area contributed by atoms with Crippen LogP contribution in [0.4, 0.5) is 0 Å². The summed E-state index contributed by atoms with van der Waals surface area (Å²) in [7, 11) is 0. The van der Waals surface area contributed by atoms with E-state index in [1.807, 2.05) is 19.1 Å². The van der Waals surface area contributed by atoms with Crippen molar-refractivity contribution in [1.82, 2.24) is 5.32 Å². The molecule has 4 heteroatoms. The lowest BCUT2D eigenvalue weighted by Gasteiger charge is -2.25. The van der Waals surface area contributed by atoms with Crippen LogP contribution in [0, 0.1) is 0 Å². The fourth-order valence-corrected chi connectivity index (χ4v) is 1.70. The average Bonchev–Trinajstić information content (AvgIpc) is 2.24. The molecule has 3 nitrogen and oxygen atoms in total. The minimum Gasteiger partial charge on any atom is -0.389 e. The maximum atomic E-state index is 10.1. The third kappa shape index (κ3) is 5.04. The quantitative estimate of drug-likeness (QED) is 0.757. The van der Waals surface area contributed by atoms with Gasteiger partial charge in [0, 0.05) is 17.6 Å². The first-order valence-electron chi connectivity index (χ1n) is 5.69. The molecule has 0 saturated carbocycles. The predicted molar refractivity (Wildman–Crippen MR) is 70.2 cm³/mol. The highest BCUT2D eigenvalue weighted by Crippen LogP contribution is 2.20. The van der Waals surface area contributed by atoms with Crippen LogP contribution in [0.2, 0.25) is 5.02 Å². The van der Waals surface area contributed by atoms with Crippen LogP contribution in [0.15, 0.2) is 24.3 Å². The summed E-state index contributed by atoms with van der Waals surface area (Å²) in [5, 5.41) is 23.4. The van der Waals surface area contributed by atoms with Gasteiger partial charge in [-0.1, -0.05) is 23.7 Å². The Bertz CT molecular complexity index is 363. The highest BCUT2D eigenvalue weighted by Gasteiger charge is 2.19. The Kier molecular flexibility index (Phi) is 4.95. The minimum absolute atomic E-state index is 0.153. The first kappa shape index (κ1) is 14.5. The Morgan fingerprint density at radius 3 is 2.59 bits per heavy atom. The van der Waals surface area contributed by atoms with E-state index in [4.69, 9.17) is 11.6 Å². The van der Waals surface area contributed by atoms with Crippen molar-refractivity contribution < 1.29 is 10.2 Å². The summed E-state index contributed by atoms with van der Waals surface area (Å²) < 4.78 is 0. The third-order valence-electron chi connectivity index (χ3n) is 2.52. The zero-order valence-electron chi connectivity index (χ0n) is 10.4. The number of rotatable bonds is 5. The van der Waals surface area contributed by atoms with E-state index in [1.165, 1.54) is 0 Å². The SMILES string of the molecule is C[C@H](NCC(C)(C)O)[C@H](O)c1cccc(Cl)c1. The van der Waals surface area contributed by atoms with Crippen molar-refractivity contribution in [2.24, 2.45) is 0 Å². The second-order valence-corrected chi connectivity index (χ2v) is 5.42. The Balaban J connectivity index is 2.60. The number of aliphatic hydroxyl groups excluding tert-OH is 1. The molecule has 0 aliphatic heterocycles. The van der Waals surface area contributed by atoms with E-state index in [-0.39, 0.29) is 6.04 Å². The highest BCUT2D eigenvalue weighted by atomic mass is 35.5. The van der Waals surface area contributed by atoms with Gasteiger partial charge in [-0.05, 0) is 38.5 Å². The van der Waals surface area contributed by atoms with E-state index < -0.39 is 11.7 Å². The summed E-state index contributed by atoms with van der Waals surface area (Å²) in [6.45, 7) is 5.74. The zero-order valence-corrected chi connectivity index (χ0v) is 11.2. The first-order chi connectivity index (χ1) is 7.79. The fourth-order valence-electron chi connectivity index (χ4n) is 1.50. The van der Waals surface area contributed by atoms with Crippen LogP contribution in [0.5, 0.6) is 0 Å². The van der Waals surface area contributed by atoms with Gasteiger partial charge in [0.1, 0.15) is 0 Å². The number of hydrogen-bond donors (Lipinski definition) is 3. The number of aliphatic hydroxyl groups is 2. The molecule has 1 rings (SSSR count). The van der Waals surface area contributed by atoms with Crippen molar-refractivity contribution >= 4 is 11.6 Å². The lowest BCUT2D eigenvalue weighted by Crippen LogP contribution is -2.41. The molecule has 0 aliphatic carbocycles. The van der Waals surface area contributed by atoms with Crippen molar-refractivity contribution in [3.8, 4) is 0 Å². The van der Waals surface area contributed by atoms with Crippen molar-refractivity contribution in [2.45, 2.75) is 38.5 Å². The smallest absolute Gasteiger partial charge is 0.0940 e. The van der Waals surface area contributed by atoms with Gasteiger partial charge in [-0.25, -0.2) is 0 Å². The van der Waals surface area contributed by atoms with Gasteiger partial charge in [-0.15, -0.1) is 0 Å². The second kappa shape index (κ2) is 5.83. The van der Waals surface area contributed by atoms with E-state index in [9.17, 15) is 10.2 Å². The van der Waals surface area contributed by atoms with E-state index >= 15 is 0 Å². The fraction of sp³-hybridized carbons (Fsp3) is 0.538. The van der Waals surface area contributed by atoms with E-state index in [0.717, 1.165) is 5.56 Å². The summed E-state index contributed by atoms with van der Waals surface area (Å²) in [5.74, 6) is 0. The van der Waals surface area contributed by atoms with Crippen LogP contribution >= 0.6 is 11.6 Å². The van der Waals surface area contributed by atoms with Gasteiger partial charge in [0.05, 0.1) is 11.7 Å². The molecular weight excluding hydrogens is 238 g/mol. The summed E-state index contributed by atoms with van der Waals surface area (Å²) in [6, 6.07) is 7.00. The van der Waals surface area contributed by atoms with Crippen molar-refractivity contribution in [1.29, 1.82) is 0 Å². The van der Waals surface area contributed by atoms with Crippen molar-refractivity contribution in [2.75, 3.05) is 6.54 Å². The maximum absolute atomic E-state index is 10.1. The normalized spacial score (nSPS) is 15.6. The second-order valence-electron chi connectivity index (χ2n) is 4.98. The summed E-state index contributed by atoms with van der Waals surface area (Å²) in [5.41, 5.74) is -0.0178. The van der Waals surface area contributed by atoms with Gasteiger partial charge in [0.15, 0.2) is 0 Å². The average molecular weight is 258 g/mol. The molecule has 0 fully saturated rings. The van der Waals surface area contributed by atoms with Gasteiger partial charge in [0.2, 0.25) is 0 Å². The molecule has 0 heterocycles. The molecule has 2 atom stereocenters. The molecule has 96 valence electrons. The van der Waals surface area contributed by atoms with Crippen LogP contribution in [-0.4, -0.2) is 28.4 Å². The molecule has 0 spiro atoms. The minimum atomic E-state index is -0.789. The third-order valence-corrected chi connectivity index (χ3v) is 2.76. The molecule has 1 aromatic carbocycles. The molecule has 0 radical (unpaired) electrons. The van der Waals surface area contributed by atoms with Crippen molar-refractivity contribution in [3.63, 3.8) is 0 Å². The van der Waals surface area contributed by atoms with Crippen LogP contribution in [0.25, 0.3) is 0 Å². The van der Waals surface area contributed by atoms with Gasteiger partial charge in [-0.2, -0.15) is 0 Å². The number of halogens is 1. The van der Waals surface area contributed by atoms with Crippen LogP contribution in [0.3, 0.4) is 0 Å². The first-order valence-corrected chi connectivity index (χ1v) is 6.07. The lowest BCUT2D eigenvalue weighted by molar-refractivity contribution is 0.0638. The Labute approximate surface area is 107 Å². The Hall–Kier alpha value is -0.610. The summed E-state index contributed by atoms with van der Waals surface area (Å²) >= 11 is 5.87. The van der Waals surface area contributed by atoms with E-state index in [0.29, 0.717) is 11.6 Å². The van der Waals surface area contributed by atoms with E-state index in [2.05, 4.69) is 5.32 Å².